The summed E-state index contributed by atoms with van der Waals surface area (Å²) in [5, 5.41) is 10.2. The van der Waals surface area contributed by atoms with Crippen molar-refractivity contribution in [3.8, 4) is 0 Å². The van der Waals surface area contributed by atoms with Crippen LogP contribution in [0, 0.1) is 10.1 Å². The van der Waals surface area contributed by atoms with E-state index in [2.05, 4.69) is 0 Å². The molecule has 0 aromatic carbocycles. The van der Waals surface area contributed by atoms with E-state index >= 15 is 0 Å². The van der Waals surface area contributed by atoms with Gasteiger partial charge in [-0.05, 0) is 12.2 Å². The van der Waals surface area contributed by atoms with Gasteiger partial charge in [-0.15, -0.1) is 0 Å². The van der Waals surface area contributed by atoms with Gasteiger partial charge >= 0.3 is 0 Å². The summed E-state index contributed by atoms with van der Waals surface area (Å²) in [5.74, 6) is 0. The molecule has 1 aliphatic rings. The van der Waals surface area contributed by atoms with Crippen LogP contribution in [0.15, 0.2) is 23.3 Å². The summed E-state index contributed by atoms with van der Waals surface area (Å²) < 4.78 is 28.2. The Kier molecular flexibility index (Phi) is 3.11. The van der Waals surface area contributed by atoms with E-state index in [1.807, 2.05) is 0 Å². The molecule has 1 aliphatic carbocycles. The van der Waals surface area contributed by atoms with Crippen LogP contribution in [0.25, 0.3) is 0 Å². The van der Waals surface area contributed by atoms with Crippen LogP contribution in [-0.2, 0) is 10.1 Å². The lowest BCUT2D eigenvalue weighted by Gasteiger charge is -2.25. The lowest BCUT2D eigenvalue weighted by atomic mass is 10.1. The highest BCUT2D eigenvalue weighted by molar-refractivity contribution is 7.89. The predicted octanol–water partition coefficient (Wildman–Crippen LogP) is 1.15. The predicted molar refractivity (Wildman–Crippen MR) is 54.0 cm³/mol. The molecule has 1 rings (SSSR count). The number of rotatable bonds is 2. The third kappa shape index (κ3) is 2.00. The standard InChI is InChI=1S/C6H5Cl2NO5S/c7-4-2-1-3-6(8,15(12,13)14)5(4)9(10)11/h1-3,5H,(H,12,13,14). The summed E-state index contributed by atoms with van der Waals surface area (Å²) in [6.07, 6.45) is 3.08. The Balaban J connectivity index is 3.38. The monoisotopic (exact) mass is 273 g/mol. The Morgan fingerprint density at radius 1 is 1.60 bits per heavy atom. The topological polar surface area (TPSA) is 97.5 Å². The summed E-state index contributed by atoms with van der Waals surface area (Å²) in [6.45, 7) is 0. The van der Waals surface area contributed by atoms with Gasteiger partial charge in [-0.3, -0.25) is 14.7 Å². The Morgan fingerprint density at radius 3 is 2.47 bits per heavy atom. The maximum absolute atomic E-state index is 11.0. The molecule has 9 heteroatoms. The van der Waals surface area contributed by atoms with Gasteiger partial charge in [-0.1, -0.05) is 29.3 Å². The molecule has 0 aliphatic heterocycles. The van der Waals surface area contributed by atoms with E-state index in [4.69, 9.17) is 27.8 Å². The molecule has 84 valence electrons. The molecule has 1 N–H and O–H groups in total. The van der Waals surface area contributed by atoms with Gasteiger partial charge in [-0.25, -0.2) is 0 Å². The molecule has 0 heterocycles. The molecular formula is C6H5Cl2NO5S. The number of nitrogens with zero attached hydrogens (tertiary/aromatic N) is 1. The van der Waals surface area contributed by atoms with E-state index in [9.17, 15) is 18.5 Å². The zero-order valence-electron chi connectivity index (χ0n) is 7.00. The van der Waals surface area contributed by atoms with Gasteiger partial charge in [0.15, 0.2) is 0 Å². The summed E-state index contributed by atoms with van der Waals surface area (Å²) >= 11 is 11.0. The third-order valence-corrected chi connectivity index (χ3v) is 4.22. The molecule has 2 unspecified atom stereocenters. The molecule has 0 bridgehead atoms. The van der Waals surface area contributed by atoms with Crippen LogP contribution in [0.4, 0.5) is 0 Å². The molecule has 0 amide bonds. The van der Waals surface area contributed by atoms with Crippen LogP contribution >= 0.6 is 23.2 Å². The first kappa shape index (κ1) is 12.4. The van der Waals surface area contributed by atoms with Gasteiger partial charge in [0.1, 0.15) is 0 Å². The molecule has 0 radical (unpaired) electrons. The number of alkyl halides is 1. The molecule has 0 spiro atoms. The second-order valence-corrected chi connectivity index (χ2v) is 5.68. The van der Waals surface area contributed by atoms with Crippen LogP contribution in [0.1, 0.15) is 0 Å². The fraction of sp³-hybridized carbons (Fsp3) is 0.333. The average Bonchev–Trinajstić information content (AvgIpc) is 2.00. The highest BCUT2D eigenvalue weighted by atomic mass is 35.5. The van der Waals surface area contributed by atoms with Crippen LogP contribution in [0.5, 0.6) is 0 Å². The minimum Gasteiger partial charge on any atom is -0.284 e. The minimum absolute atomic E-state index is 0.366. The summed E-state index contributed by atoms with van der Waals surface area (Å²) in [6, 6.07) is -1.92. The van der Waals surface area contributed by atoms with E-state index < -0.39 is 25.3 Å². The van der Waals surface area contributed by atoms with Gasteiger partial charge in [0.25, 0.3) is 20.4 Å². The molecule has 0 saturated carbocycles. The smallest absolute Gasteiger partial charge is 0.284 e. The van der Waals surface area contributed by atoms with Crippen molar-refractivity contribution in [1.82, 2.24) is 0 Å². The fourth-order valence-corrected chi connectivity index (χ4v) is 2.57. The summed E-state index contributed by atoms with van der Waals surface area (Å²) in [7, 11) is -4.84. The Hall–Kier alpha value is -0.630. The molecule has 6 nitrogen and oxygen atoms in total. The molecule has 0 fully saturated rings. The van der Waals surface area contributed by atoms with Crippen molar-refractivity contribution in [2.45, 2.75) is 10.2 Å². The number of allylic oxidation sites excluding steroid dienone is 2. The second-order valence-electron chi connectivity index (χ2n) is 2.77. The number of halogens is 2. The first-order valence-corrected chi connectivity index (χ1v) is 5.74. The molecule has 15 heavy (non-hydrogen) atoms. The molecule has 0 aromatic rings. The third-order valence-electron chi connectivity index (χ3n) is 1.82. The lowest BCUT2D eigenvalue weighted by Crippen LogP contribution is -2.48. The van der Waals surface area contributed by atoms with Crippen LogP contribution in [-0.4, -0.2) is 28.1 Å². The van der Waals surface area contributed by atoms with E-state index in [-0.39, 0.29) is 5.03 Å². The highest BCUT2D eigenvalue weighted by Crippen LogP contribution is 2.37. The Bertz CT molecular complexity index is 456. The maximum atomic E-state index is 11.0. The fourth-order valence-electron chi connectivity index (χ4n) is 1.11. The number of hydrogen-bond acceptors (Lipinski definition) is 4. The van der Waals surface area contributed by atoms with Crippen LogP contribution in [0.2, 0.25) is 0 Å². The van der Waals surface area contributed by atoms with Crippen LogP contribution < -0.4 is 0 Å². The largest absolute Gasteiger partial charge is 0.296 e. The minimum atomic E-state index is -4.84. The quantitative estimate of drug-likeness (QED) is 0.352. The van der Waals surface area contributed by atoms with Gasteiger partial charge in [-0.2, -0.15) is 8.42 Å². The van der Waals surface area contributed by atoms with Crippen LogP contribution in [0.3, 0.4) is 0 Å². The van der Waals surface area contributed by atoms with E-state index in [1.54, 1.807) is 0 Å². The number of hydrogen-bond donors (Lipinski definition) is 1. The van der Waals surface area contributed by atoms with Crippen molar-refractivity contribution in [1.29, 1.82) is 0 Å². The highest BCUT2D eigenvalue weighted by Gasteiger charge is 2.56. The maximum Gasteiger partial charge on any atom is 0.296 e. The van der Waals surface area contributed by atoms with Crippen molar-refractivity contribution < 1.29 is 17.9 Å². The Labute approximate surface area is 95.1 Å². The van der Waals surface area contributed by atoms with E-state index in [1.165, 1.54) is 0 Å². The summed E-state index contributed by atoms with van der Waals surface area (Å²) in [4.78, 5) is 9.64. The van der Waals surface area contributed by atoms with Gasteiger partial charge in [0, 0.05) is 4.92 Å². The van der Waals surface area contributed by atoms with E-state index in [0.717, 1.165) is 18.2 Å². The number of nitro groups is 1. The van der Waals surface area contributed by atoms with Gasteiger partial charge < -0.3 is 0 Å². The lowest BCUT2D eigenvalue weighted by molar-refractivity contribution is -0.511. The average molecular weight is 274 g/mol. The van der Waals surface area contributed by atoms with Crippen molar-refractivity contribution in [3.63, 3.8) is 0 Å². The first-order chi connectivity index (χ1) is 6.70. The molecule has 0 aromatic heterocycles. The summed E-state index contributed by atoms with van der Waals surface area (Å²) in [5.41, 5.74) is 0. The van der Waals surface area contributed by atoms with E-state index in [0.29, 0.717) is 0 Å². The normalized spacial score (nSPS) is 31.1. The van der Waals surface area contributed by atoms with Gasteiger partial charge in [0.05, 0.1) is 5.03 Å². The SMILES string of the molecule is O=[N+]([O-])C1C(Cl)=CC=CC1(Cl)S(=O)(=O)O. The van der Waals surface area contributed by atoms with Gasteiger partial charge in [0.2, 0.25) is 0 Å². The van der Waals surface area contributed by atoms with Crippen molar-refractivity contribution in [2.24, 2.45) is 0 Å². The second kappa shape index (κ2) is 3.75. The molecular weight excluding hydrogens is 269 g/mol. The first-order valence-electron chi connectivity index (χ1n) is 3.54. The van der Waals surface area contributed by atoms with Crippen molar-refractivity contribution in [3.05, 3.63) is 33.4 Å². The van der Waals surface area contributed by atoms with Crippen molar-refractivity contribution >= 4 is 33.3 Å². The molecule has 0 saturated heterocycles. The zero-order chi connectivity index (χ0) is 11.9. The molecule has 2 atom stereocenters. The Morgan fingerprint density at radius 2 is 2.13 bits per heavy atom. The zero-order valence-corrected chi connectivity index (χ0v) is 9.33. The van der Waals surface area contributed by atoms with Crippen molar-refractivity contribution in [2.75, 3.05) is 0 Å².